The lowest BCUT2D eigenvalue weighted by molar-refractivity contribution is 0.0578. The SMILES string of the molecule is COc1cc(F)c(NOC(=O)c2cscc2C(=O)O)cc1OCc1c(OC)ccc(F)c1F. The molecule has 1 aromatic heterocycles. The van der Waals surface area contributed by atoms with Crippen molar-refractivity contribution in [1.29, 1.82) is 0 Å². The minimum absolute atomic E-state index is 0.0345. The normalized spacial score (nSPS) is 10.5. The molecule has 33 heavy (non-hydrogen) atoms. The summed E-state index contributed by atoms with van der Waals surface area (Å²) in [5.74, 6) is -5.70. The van der Waals surface area contributed by atoms with Crippen LogP contribution in [0.3, 0.4) is 0 Å². The van der Waals surface area contributed by atoms with Gasteiger partial charge >= 0.3 is 11.9 Å². The Kier molecular flexibility index (Phi) is 7.28. The van der Waals surface area contributed by atoms with E-state index < -0.39 is 36.0 Å². The lowest BCUT2D eigenvalue weighted by Crippen LogP contribution is -2.14. The number of ether oxygens (including phenoxy) is 3. The van der Waals surface area contributed by atoms with Crippen molar-refractivity contribution in [1.82, 2.24) is 0 Å². The third-order valence-electron chi connectivity index (χ3n) is 4.36. The van der Waals surface area contributed by atoms with Crippen LogP contribution in [0.25, 0.3) is 0 Å². The van der Waals surface area contributed by atoms with Gasteiger partial charge in [0.1, 0.15) is 18.0 Å². The van der Waals surface area contributed by atoms with Crippen LogP contribution >= 0.6 is 11.3 Å². The van der Waals surface area contributed by atoms with Gasteiger partial charge in [-0.3, -0.25) is 0 Å². The molecule has 12 heteroatoms. The number of anilines is 1. The first kappa shape index (κ1) is 23.7. The standard InChI is InChI=1S/C21H16F3NO7S/c1-29-16-4-3-13(22)19(24)10(16)7-31-18-6-15(14(23)5-17(18)30-2)25-32-21(28)12-9-33-8-11(12)20(26)27/h3-6,8-9,25H,7H2,1-2H3,(H,26,27). The molecular weight excluding hydrogens is 467 g/mol. The molecule has 0 radical (unpaired) electrons. The Labute approximate surface area is 189 Å². The van der Waals surface area contributed by atoms with Crippen LogP contribution in [0.4, 0.5) is 18.9 Å². The Morgan fingerprint density at radius 2 is 1.67 bits per heavy atom. The molecule has 174 valence electrons. The van der Waals surface area contributed by atoms with Crippen molar-refractivity contribution in [2.45, 2.75) is 6.61 Å². The van der Waals surface area contributed by atoms with Crippen LogP contribution < -0.4 is 19.7 Å². The second-order valence-corrected chi connectivity index (χ2v) is 7.05. The molecule has 0 fully saturated rings. The second kappa shape index (κ2) is 10.1. The first-order valence-electron chi connectivity index (χ1n) is 9.04. The summed E-state index contributed by atoms with van der Waals surface area (Å²) in [6.45, 7) is -0.495. The van der Waals surface area contributed by atoms with E-state index >= 15 is 0 Å². The number of carboxylic acid groups (broad SMARTS) is 1. The molecule has 0 bridgehead atoms. The molecule has 0 amide bonds. The summed E-state index contributed by atoms with van der Waals surface area (Å²) < 4.78 is 57.7. The number of rotatable bonds is 9. The minimum Gasteiger partial charge on any atom is -0.496 e. The van der Waals surface area contributed by atoms with Crippen molar-refractivity contribution in [2.24, 2.45) is 0 Å². The number of methoxy groups -OCH3 is 2. The maximum atomic E-state index is 14.4. The van der Waals surface area contributed by atoms with Crippen LogP contribution in [0, 0.1) is 17.5 Å². The first-order chi connectivity index (χ1) is 15.8. The van der Waals surface area contributed by atoms with Gasteiger partial charge in [-0.1, -0.05) is 0 Å². The van der Waals surface area contributed by atoms with E-state index in [4.69, 9.17) is 24.2 Å². The molecule has 0 aliphatic heterocycles. The lowest BCUT2D eigenvalue weighted by atomic mass is 10.2. The van der Waals surface area contributed by atoms with Gasteiger partial charge in [-0.05, 0) is 12.1 Å². The van der Waals surface area contributed by atoms with Crippen molar-refractivity contribution >= 4 is 29.0 Å². The van der Waals surface area contributed by atoms with Gasteiger partial charge in [0.2, 0.25) is 0 Å². The van der Waals surface area contributed by atoms with Crippen molar-refractivity contribution in [2.75, 3.05) is 19.7 Å². The van der Waals surface area contributed by atoms with Crippen molar-refractivity contribution in [3.8, 4) is 17.2 Å². The average molecular weight is 483 g/mol. The van der Waals surface area contributed by atoms with Crippen LogP contribution in [0.2, 0.25) is 0 Å². The predicted octanol–water partition coefficient (Wildman–Crippen LogP) is 4.64. The van der Waals surface area contributed by atoms with E-state index in [-0.39, 0.29) is 39.6 Å². The fourth-order valence-corrected chi connectivity index (χ4v) is 3.50. The van der Waals surface area contributed by atoms with E-state index in [1.165, 1.54) is 31.0 Å². The maximum absolute atomic E-state index is 14.4. The van der Waals surface area contributed by atoms with Crippen LogP contribution in [0.1, 0.15) is 26.3 Å². The molecule has 0 aliphatic carbocycles. The van der Waals surface area contributed by atoms with E-state index in [2.05, 4.69) is 5.48 Å². The third kappa shape index (κ3) is 5.12. The summed E-state index contributed by atoms with van der Waals surface area (Å²) in [5, 5.41) is 11.6. The summed E-state index contributed by atoms with van der Waals surface area (Å²) >= 11 is 0.977. The van der Waals surface area contributed by atoms with Crippen LogP contribution in [0.5, 0.6) is 17.2 Å². The van der Waals surface area contributed by atoms with E-state index in [0.29, 0.717) is 0 Å². The molecule has 2 N–H and O–H groups in total. The molecule has 8 nitrogen and oxygen atoms in total. The zero-order valence-corrected chi connectivity index (χ0v) is 17.9. The predicted molar refractivity (Wildman–Crippen MR) is 111 cm³/mol. The van der Waals surface area contributed by atoms with E-state index in [0.717, 1.165) is 29.5 Å². The van der Waals surface area contributed by atoms with E-state index in [1.807, 2.05) is 0 Å². The Morgan fingerprint density at radius 1 is 0.970 bits per heavy atom. The lowest BCUT2D eigenvalue weighted by Gasteiger charge is -2.15. The van der Waals surface area contributed by atoms with Gasteiger partial charge in [0.15, 0.2) is 29.0 Å². The Hall–Kier alpha value is -3.93. The molecule has 0 atom stereocenters. The number of halogens is 3. The number of benzene rings is 2. The maximum Gasteiger partial charge on any atom is 0.364 e. The number of carboxylic acids is 1. The van der Waals surface area contributed by atoms with E-state index in [1.54, 1.807) is 0 Å². The molecule has 0 saturated carbocycles. The largest absolute Gasteiger partial charge is 0.496 e. The average Bonchev–Trinajstić information content (AvgIpc) is 3.30. The number of aromatic carboxylic acids is 1. The molecule has 2 aromatic carbocycles. The van der Waals surface area contributed by atoms with Crippen molar-refractivity contribution in [3.63, 3.8) is 0 Å². The summed E-state index contributed by atoms with van der Waals surface area (Å²) in [5.41, 5.74) is 1.02. The van der Waals surface area contributed by atoms with Gasteiger partial charge in [-0.2, -0.15) is 11.3 Å². The van der Waals surface area contributed by atoms with Gasteiger partial charge in [-0.15, -0.1) is 0 Å². The third-order valence-corrected chi connectivity index (χ3v) is 5.11. The number of thiophene rings is 1. The van der Waals surface area contributed by atoms with Crippen LogP contribution in [-0.2, 0) is 11.4 Å². The minimum atomic E-state index is -1.32. The Bertz CT molecular complexity index is 1200. The van der Waals surface area contributed by atoms with Crippen LogP contribution in [-0.4, -0.2) is 31.3 Å². The molecule has 0 spiro atoms. The number of carbonyl (C=O) groups is 2. The monoisotopic (exact) mass is 483 g/mol. The highest BCUT2D eigenvalue weighted by Gasteiger charge is 2.21. The van der Waals surface area contributed by atoms with Crippen molar-refractivity contribution < 1.29 is 46.9 Å². The number of hydrogen-bond donors (Lipinski definition) is 2. The van der Waals surface area contributed by atoms with E-state index in [9.17, 15) is 22.8 Å². The topological polar surface area (TPSA) is 103 Å². The molecule has 0 aliphatic rings. The highest BCUT2D eigenvalue weighted by Crippen LogP contribution is 2.34. The number of nitrogens with one attached hydrogen (secondary N) is 1. The first-order valence-corrected chi connectivity index (χ1v) is 9.99. The van der Waals surface area contributed by atoms with Gasteiger partial charge in [-0.25, -0.2) is 28.2 Å². The Morgan fingerprint density at radius 3 is 2.33 bits per heavy atom. The highest BCUT2D eigenvalue weighted by atomic mass is 32.1. The number of carbonyl (C=O) groups excluding carboxylic acids is 1. The molecule has 0 saturated heterocycles. The zero-order valence-electron chi connectivity index (χ0n) is 17.1. The molecular formula is C21H16F3NO7S. The zero-order chi connectivity index (χ0) is 24.1. The fraction of sp³-hybridized carbons (Fsp3) is 0.143. The molecule has 1 heterocycles. The fourth-order valence-electron chi connectivity index (χ4n) is 2.71. The summed E-state index contributed by atoms with van der Waals surface area (Å²) in [6, 6.07) is 4.10. The van der Waals surface area contributed by atoms with Gasteiger partial charge in [0.05, 0.1) is 30.9 Å². The van der Waals surface area contributed by atoms with Crippen LogP contribution in [0.15, 0.2) is 35.0 Å². The van der Waals surface area contributed by atoms with Gasteiger partial charge in [0, 0.05) is 22.9 Å². The van der Waals surface area contributed by atoms with Gasteiger partial charge in [0.25, 0.3) is 0 Å². The quantitative estimate of drug-likeness (QED) is 0.424. The molecule has 0 unspecified atom stereocenters. The molecule has 3 rings (SSSR count). The summed E-state index contributed by atoms with van der Waals surface area (Å²) in [6.07, 6.45) is 0. The second-order valence-electron chi connectivity index (χ2n) is 6.31. The Balaban J connectivity index is 1.81. The smallest absolute Gasteiger partial charge is 0.364 e. The number of hydrogen-bond acceptors (Lipinski definition) is 8. The molecule has 3 aromatic rings. The van der Waals surface area contributed by atoms with Gasteiger partial charge < -0.3 is 24.2 Å². The summed E-state index contributed by atoms with van der Waals surface area (Å²) in [4.78, 5) is 28.1. The highest BCUT2D eigenvalue weighted by molar-refractivity contribution is 7.08. The summed E-state index contributed by atoms with van der Waals surface area (Å²) in [7, 11) is 2.51. The van der Waals surface area contributed by atoms with Crippen molar-refractivity contribution in [3.05, 3.63) is 69.2 Å².